The van der Waals surface area contributed by atoms with E-state index in [1.54, 1.807) is 34.4 Å². The standard InChI is InChI=1S/C8H10O2STe/c1-6(12)7-2-4-8(5-3-7)11(9)10/h2-6,12H,1H3,(H,9,10)/p-1. The van der Waals surface area contributed by atoms with Crippen LogP contribution in [0.2, 0.25) is 0 Å². The summed E-state index contributed by atoms with van der Waals surface area (Å²) in [5, 5.41) is 0. The molecule has 2 unspecified atom stereocenters. The zero-order chi connectivity index (χ0) is 9.14. The van der Waals surface area contributed by atoms with Crippen LogP contribution in [-0.4, -0.2) is 31.1 Å². The Labute approximate surface area is 87.6 Å². The van der Waals surface area contributed by atoms with E-state index in [-0.39, 0.29) is 0 Å². The molecule has 2 atom stereocenters. The molecule has 12 heavy (non-hydrogen) atoms. The SMILES string of the molecule is CC([TeH])c1ccc(S(=O)[O-])cc1. The Hall–Kier alpha value is 0.120. The first-order valence-corrected chi connectivity index (χ1v) is 6.03. The summed E-state index contributed by atoms with van der Waals surface area (Å²) in [6, 6.07) is 6.97. The Kier molecular flexibility index (Phi) is 3.73. The number of hydrogen-bond donors (Lipinski definition) is 0. The van der Waals surface area contributed by atoms with Gasteiger partial charge in [0, 0.05) is 0 Å². The van der Waals surface area contributed by atoms with Crippen LogP contribution in [0.1, 0.15) is 16.5 Å². The molecule has 0 spiro atoms. The molecule has 4 heteroatoms. The molecule has 2 nitrogen and oxygen atoms in total. The summed E-state index contributed by atoms with van der Waals surface area (Å²) in [4.78, 5) is 0.352. The number of rotatable bonds is 2. The second kappa shape index (κ2) is 4.38. The molecule has 0 aliphatic carbocycles. The summed E-state index contributed by atoms with van der Waals surface area (Å²) in [7, 11) is 0. The summed E-state index contributed by atoms with van der Waals surface area (Å²) >= 11 is -0.375. The predicted octanol–water partition coefficient (Wildman–Crippen LogP) is 0.886. The van der Waals surface area contributed by atoms with E-state index in [0.29, 0.717) is 8.86 Å². The Morgan fingerprint density at radius 1 is 1.42 bits per heavy atom. The summed E-state index contributed by atoms with van der Waals surface area (Å²) in [5.74, 6) is 0. The molecule has 0 radical (unpaired) electrons. The normalized spacial score (nSPS) is 15.6. The molecule has 1 rings (SSSR count). The zero-order valence-corrected chi connectivity index (χ0v) is 9.93. The molecule has 0 bridgehead atoms. The fraction of sp³-hybridized carbons (Fsp3) is 0.250. The van der Waals surface area contributed by atoms with Crippen LogP contribution in [0.15, 0.2) is 29.2 Å². The summed E-state index contributed by atoms with van der Waals surface area (Å²) in [6.45, 7) is 2.09. The Morgan fingerprint density at radius 3 is 2.25 bits per heavy atom. The maximum atomic E-state index is 10.5. The monoisotopic (exact) mass is 299 g/mol. The predicted molar refractivity (Wildman–Crippen MR) is 49.2 cm³/mol. The summed E-state index contributed by atoms with van der Waals surface area (Å²) < 4.78 is 21.5. The third-order valence-electron chi connectivity index (χ3n) is 1.55. The van der Waals surface area contributed by atoms with Crippen molar-refractivity contribution in [3.8, 4) is 0 Å². The van der Waals surface area contributed by atoms with E-state index in [4.69, 9.17) is 0 Å². The van der Waals surface area contributed by atoms with Gasteiger partial charge in [-0.3, -0.25) is 0 Å². The van der Waals surface area contributed by atoms with Crippen LogP contribution >= 0.6 is 0 Å². The van der Waals surface area contributed by atoms with E-state index >= 15 is 0 Å². The summed E-state index contributed by atoms with van der Waals surface area (Å²) in [5.41, 5.74) is 1.18. The Morgan fingerprint density at radius 2 is 1.92 bits per heavy atom. The van der Waals surface area contributed by atoms with Crippen LogP contribution in [0.5, 0.6) is 0 Å². The van der Waals surface area contributed by atoms with Crippen molar-refractivity contribution in [1.29, 1.82) is 0 Å². The average Bonchev–Trinajstić information content (AvgIpc) is 2.04. The molecule has 0 N–H and O–H groups in total. The fourth-order valence-electron chi connectivity index (χ4n) is 0.857. The molecule has 0 saturated heterocycles. The first-order chi connectivity index (χ1) is 5.61. The third-order valence-corrected chi connectivity index (χ3v) is 3.06. The maximum absolute atomic E-state index is 10.5. The van der Waals surface area contributed by atoms with Crippen molar-refractivity contribution in [2.75, 3.05) is 0 Å². The van der Waals surface area contributed by atoms with Crippen molar-refractivity contribution >= 4 is 33.4 Å². The molecule has 0 amide bonds. The van der Waals surface area contributed by atoms with Gasteiger partial charge in [-0.25, -0.2) is 0 Å². The van der Waals surface area contributed by atoms with Gasteiger partial charge in [-0.1, -0.05) is 0 Å². The van der Waals surface area contributed by atoms with Gasteiger partial charge in [0.2, 0.25) is 0 Å². The van der Waals surface area contributed by atoms with Crippen molar-refractivity contribution in [2.24, 2.45) is 0 Å². The van der Waals surface area contributed by atoms with Gasteiger partial charge in [-0.15, -0.1) is 0 Å². The zero-order valence-electron chi connectivity index (χ0n) is 6.56. The molecule has 0 aromatic heterocycles. The van der Waals surface area contributed by atoms with Crippen molar-refractivity contribution < 1.29 is 8.76 Å². The Bertz CT molecular complexity index is 282. The van der Waals surface area contributed by atoms with Crippen molar-refractivity contribution in [2.45, 2.75) is 15.8 Å². The van der Waals surface area contributed by atoms with Crippen molar-refractivity contribution in [1.82, 2.24) is 0 Å². The van der Waals surface area contributed by atoms with Crippen LogP contribution < -0.4 is 0 Å². The molecule has 0 aliphatic heterocycles. The topological polar surface area (TPSA) is 40.1 Å². The van der Waals surface area contributed by atoms with Crippen molar-refractivity contribution in [3.63, 3.8) is 0 Å². The third kappa shape index (κ3) is 2.56. The van der Waals surface area contributed by atoms with Gasteiger partial charge in [-0.2, -0.15) is 0 Å². The van der Waals surface area contributed by atoms with Crippen molar-refractivity contribution in [3.05, 3.63) is 29.8 Å². The van der Waals surface area contributed by atoms with Gasteiger partial charge < -0.3 is 0 Å². The second-order valence-electron chi connectivity index (χ2n) is 2.48. The molecule has 0 saturated carbocycles. The minimum atomic E-state index is -2.10. The molecule has 1 aromatic carbocycles. The van der Waals surface area contributed by atoms with E-state index in [0.717, 1.165) is 0 Å². The first kappa shape index (κ1) is 10.2. The van der Waals surface area contributed by atoms with E-state index in [2.05, 4.69) is 6.92 Å². The van der Waals surface area contributed by atoms with Crippen LogP contribution in [0, 0.1) is 0 Å². The quantitative estimate of drug-likeness (QED) is 0.601. The second-order valence-corrected chi connectivity index (χ2v) is 5.63. The van der Waals surface area contributed by atoms with E-state index in [1.807, 2.05) is 12.1 Å². The van der Waals surface area contributed by atoms with E-state index in [9.17, 15) is 8.76 Å². The van der Waals surface area contributed by atoms with Gasteiger partial charge in [0.1, 0.15) is 0 Å². The van der Waals surface area contributed by atoms with Crippen LogP contribution in [0.3, 0.4) is 0 Å². The molecule has 1 aromatic rings. The van der Waals surface area contributed by atoms with Gasteiger partial charge in [-0.05, 0) is 0 Å². The molecule has 66 valence electrons. The fourth-order valence-corrected chi connectivity index (χ4v) is 1.71. The average molecular weight is 297 g/mol. The van der Waals surface area contributed by atoms with Gasteiger partial charge in [0.05, 0.1) is 0 Å². The number of hydrogen-bond acceptors (Lipinski definition) is 2. The van der Waals surface area contributed by atoms with Crippen LogP contribution in [0.25, 0.3) is 0 Å². The first-order valence-electron chi connectivity index (χ1n) is 3.48. The summed E-state index contributed by atoms with van der Waals surface area (Å²) in [6.07, 6.45) is 0. The molecule has 0 aliphatic rings. The molecular weight excluding hydrogens is 288 g/mol. The van der Waals surface area contributed by atoms with E-state index in [1.165, 1.54) is 5.56 Å². The van der Waals surface area contributed by atoms with E-state index < -0.39 is 11.1 Å². The van der Waals surface area contributed by atoms with Crippen LogP contribution in [0.4, 0.5) is 0 Å². The number of benzene rings is 1. The van der Waals surface area contributed by atoms with Crippen LogP contribution in [-0.2, 0) is 11.1 Å². The van der Waals surface area contributed by atoms with Gasteiger partial charge >= 0.3 is 87.8 Å². The molecular formula is C8H9O2STe-. The molecule has 0 fully saturated rings. The Balaban J connectivity index is 2.93. The van der Waals surface area contributed by atoms with Gasteiger partial charge in [0.15, 0.2) is 0 Å². The minimum absolute atomic E-state index is 0.352. The van der Waals surface area contributed by atoms with Gasteiger partial charge in [0.25, 0.3) is 0 Å². The molecule has 0 heterocycles.